The Morgan fingerprint density at radius 2 is 1.69 bits per heavy atom. The Morgan fingerprint density at radius 1 is 1.00 bits per heavy atom. The highest BCUT2D eigenvalue weighted by Gasteiger charge is 2.20. The van der Waals surface area contributed by atoms with Gasteiger partial charge < -0.3 is 10.6 Å². The quantitative estimate of drug-likeness (QED) is 0.718. The molecule has 0 aliphatic rings. The molecule has 0 fully saturated rings. The van der Waals surface area contributed by atoms with Crippen LogP contribution in [0.25, 0.3) is 0 Å². The van der Waals surface area contributed by atoms with E-state index in [9.17, 15) is 4.79 Å². The van der Waals surface area contributed by atoms with E-state index in [0.29, 0.717) is 12.2 Å². The molecule has 3 aromatic rings. The molecule has 1 aromatic heterocycles. The van der Waals surface area contributed by atoms with Gasteiger partial charge in [-0.1, -0.05) is 48.5 Å². The number of carbonyl (C=O) groups excluding carboxylic acids is 1. The lowest BCUT2D eigenvalue weighted by Crippen LogP contribution is -2.36. The van der Waals surface area contributed by atoms with Gasteiger partial charge in [0.25, 0.3) is 0 Å². The number of nitrogens with zero attached hydrogens (tertiary/aromatic N) is 3. The third-order valence-electron chi connectivity index (χ3n) is 3.73. The molecule has 6 heteroatoms. The van der Waals surface area contributed by atoms with Crippen molar-refractivity contribution in [2.75, 3.05) is 10.6 Å². The summed E-state index contributed by atoms with van der Waals surface area (Å²) in [6, 6.07) is 20.4. The van der Waals surface area contributed by atoms with Gasteiger partial charge in [0.1, 0.15) is 17.9 Å². The van der Waals surface area contributed by atoms with Crippen molar-refractivity contribution >= 4 is 17.4 Å². The SMILES string of the molecule is N#Cc1cnc(N[C@H](Cc2ccccc2)C(=O)Nc2ccccc2)cn1. The molecule has 0 bridgehead atoms. The zero-order chi connectivity index (χ0) is 18.2. The van der Waals surface area contributed by atoms with E-state index in [1.54, 1.807) is 0 Å². The molecule has 0 aliphatic carbocycles. The molecular formula is C20H17N5O. The van der Waals surface area contributed by atoms with Crippen LogP contribution in [-0.4, -0.2) is 21.9 Å². The van der Waals surface area contributed by atoms with Crippen LogP contribution in [0.4, 0.5) is 11.5 Å². The van der Waals surface area contributed by atoms with Crippen LogP contribution in [0.3, 0.4) is 0 Å². The van der Waals surface area contributed by atoms with E-state index < -0.39 is 6.04 Å². The Hall–Kier alpha value is -3.72. The monoisotopic (exact) mass is 343 g/mol. The number of nitriles is 1. The van der Waals surface area contributed by atoms with Crippen LogP contribution in [0.2, 0.25) is 0 Å². The fourth-order valence-electron chi connectivity index (χ4n) is 2.45. The Kier molecular flexibility index (Phi) is 5.53. The molecule has 128 valence electrons. The molecule has 1 atom stereocenters. The number of rotatable bonds is 6. The maximum absolute atomic E-state index is 12.8. The van der Waals surface area contributed by atoms with Crippen LogP contribution in [0, 0.1) is 11.3 Å². The molecule has 1 amide bonds. The molecule has 3 rings (SSSR count). The first kappa shape index (κ1) is 17.1. The van der Waals surface area contributed by atoms with Crippen molar-refractivity contribution < 1.29 is 4.79 Å². The summed E-state index contributed by atoms with van der Waals surface area (Å²) in [6.45, 7) is 0. The summed E-state index contributed by atoms with van der Waals surface area (Å²) < 4.78 is 0. The van der Waals surface area contributed by atoms with E-state index in [4.69, 9.17) is 5.26 Å². The van der Waals surface area contributed by atoms with E-state index in [-0.39, 0.29) is 11.6 Å². The van der Waals surface area contributed by atoms with Gasteiger partial charge >= 0.3 is 0 Å². The number of anilines is 2. The first-order valence-electron chi connectivity index (χ1n) is 8.13. The van der Waals surface area contributed by atoms with E-state index in [1.807, 2.05) is 66.7 Å². The minimum Gasteiger partial charge on any atom is -0.357 e. The third-order valence-corrected chi connectivity index (χ3v) is 3.73. The zero-order valence-electron chi connectivity index (χ0n) is 14.0. The number of nitrogens with one attached hydrogen (secondary N) is 2. The van der Waals surface area contributed by atoms with Crippen molar-refractivity contribution in [3.8, 4) is 6.07 Å². The van der Waals surface area contributed by atoms with Crippen LogP contribution < -0.4 is 10.6 Å². The summed E-state index contributed by atoms with van der Waals surface area (Å²) in [7, 11) is 0. The molecule has 26 heavy (non-hydrogen) atoms. The average Bonchev–Trinajstić information content (AvgIpc) is 2.69. The highest BCUT2D eigenvalue weighted by molar-refractivity contribution is 5.96. The number of amides is 1. The minimum absolute atomic E-state index is 0.175. The molecule has 0 saturated carbocycles. The summed E-state index contributed by atoms with van der Waals surface area (Å²) in [6.07, 6.45) is 3.31. The standard InChI is InChI=1S/C20H17N5O/c21-12-17-13-23-19(14-22-17)25-18(11-15-7-3-1-4-8-15)20(26)24-16-9-5-2-6-10-16/h1-10,13-14,18H,11H2,(H,23,25)(H,24,26)/t18-/m1/s1. The van der Waals surface area contributed by atoms with Crippen molar-refractivity contribution in [1.29, 1.82) is 5.26 Å². The molecule has 2 N–H and O–H groups in total. The van der Waals surface area contributed by atoms with Crippen molar-refractivity contribution in [2.45, 2.75) is 12.5 Å². The molecule has 6 nitrogen and oxygen atoms in total. The number of hydrogen-bond donors (Lipinski definition) is 2. The summed E-state index contributed by atoms with van der Waals surface area (Å²) in [5, 5.41) is 14.8. The normalized spacial score (nSPS) is 11.2. The van der Waals surface area contributed by atoms with Crippen LogP contribution in [-0.2, 0) is 11.2 Å². The van der Waals surface area contributed by atoms with Crippen molar-refractivity contribution in [3.05, 3.63) is 84.3 Å². The fourth-order valence-corrected chi connectivity index (χ4v) is 2.45. The predicted octanol–water partition coefficient (Wildman–Crippen LogP) is 3.01. The Bertz CT molecular complexity index is 889. The Labute approximate surface area is 151 Å². The summed E-state index contributed by atoms with van der Waals surface area (Å²) >= 11 is 0. The van der Waals surface area contributed by atoms with Gasteiger partial charge in [-0.2, -0.15) is 5.26 Å². The lowest BCUT2D eigenvalue weighted by molar-refractivity contribution is -0.116. The van der Waals surface area contributed by atoms with Crippen LogP contribution in [0.15, 0.2) is 73.1 Å². The van der Waals surface area contributed by atoms with Gasteiger partial charge in [-0.15, -0.1) is 0 Å². The number of benzene rings is 2. The highest BCUT2D eigenvalue weighted by atomic mass is 16.2. The zero-order valence-corrected chi connectivity index (χ0v) is 14.0. The Morgan fingerprint density at radius 3 is 2.31 bits per heavy atom. The number of carbonyl (C=O) groups is 1. The van der Waals surface area contributed by atoms with Gasteiger partial charge in [0.15, 0.2) is 5.69 Å². The van der Waals surface area contributed by atoms with Gasteiger partial charge in [0.2, 0.25) is 5.91 Å². The van der Waals surface area contributed by atoms with Crippen LogP contribution in [0.1, 0.15) is 11.3 Å². The second kappa shape index (κ2) is 8.40. The van der Waals surface area contributed by atoms with Gasteiger partial charge in [0, 0.05) is 12.1 Å². The van der Waals surface area contributed by atoms with Crippen molar-refractivity contribution in [3.63, 3.8) is 0 Å². The average molecular weight is 343 g/mol. The summed E-state index contributed by atoms with van der Waals surface area (Å²) in [4.78, 5) is 20.9. The van der Waals surface area contributed by atoms with Crippen molar-refractivity contribution in [2.24, 2.45) is 0 Å². The van der Waals surface area contributed by atoms with E-state index in [0.717, 1.165) is 11.3 Å². The predicted molar refractivity (Wildman–Crippen MR) is 99.4 cm³/mol. The third kappa shape index (κ3) is 4.65. The first-order chi connectivity index (χ1) is 12.7. The largest absolute Gasteiger partial charge is 0.357 e. The topological polar surface area (TPSA) is 90.7 Å². The minimum atomic E-state index is -0.542. The maximum Gasteiger partial charge on any atom is 0.247 e. The molecule has 0 unspecified atom stereocenters. The molecule has 0 spiro atoms. The summed E-state index contributed by atoms with van der Waals surface area (Å²) in [5.74, 6) is 0.263. The van der Waals surface area contributed by atoms with Crippen LogP contribution in [0.5, 0.6) is 0 Å². The number of para-hydroxylation sites is 1. The van der Waals surface area contributed by atoms with Gasteiger partial charge in [-0.25, -0.2) is 9.97 Å². The van der Waals surface area contributed by atoms with E-state index in [1.165, 1.54) is 12.4 Å². The number of hydrogen-bond acceptors (Lipinski definition) is 5. The first-order valence-corrected chi connectivity index (χ1v) is 8.13. The van der Waals surface area contributed by atoms with Gasteiger partial charge in [0.05, 0.1) is 12.4 Å². The Balaban J connectivity index is 1.78. The molecule has 0 radical (unpaired) electrons. The molecule has 2 aromatic carbocycles. The van der Waals surface area contributed by atoms with Gasteiger partial charge in [-0.3, -0.25) is 4.79 Å². The van der Waals surface area contributed by atoms with Crippen molar-refractivity contribution in [1.82, 2.24) is 9.97 Å². The molecule has 0 saturated heterocycles. The summed E-state index contributed by atoms with van der Waals surface area (Å²) in [5.41, 5.74) is 1.97. The number of aromatic nitrogens is 2. The molecular weight excluding hydrogens is 326 g/mol. The second-order valence-electron chi connectivity index (χ2n) is 5.64. The van der Waals surface area contributed by atoms with Gasteiger partial charge in [-0.05, 0) is 17.7 Å². The van der Waals surface area contributed by atoms with Crippen LogP contribution >= 0.6 is 0 Å². The maximum atomic E-state index is 12.8. The molecule has 1 heterocycles. The highest BCUT2D eigenvalue weighted by Crippen LogP contribution is 2.12. The fraction of sp³-hybridized carbons (Fsp3) is 0.100. The second-order valence-corrected chi connectivity index (χ2v) is 5.64. The smallest absolute Gasteiger partial charge is 0.247 e. The van der Waals surface area contributed by atoms with E-state index >= 15 is 0 Å². The molecule has 0 aliphatic heterocycles. The lowest BCUT2D eigenvalue weighted by atomic mass is 10.1. The lowest BCUT2D eigenvalue weighted by Gasteiger charge is -2.19. The van der Waals surface area contributed by atoms with E-state index in [2.05, 4.69) is 20.6 Å².